The van der Waals surface area contributed by atoms with Crippen LogP contribution < -0.4 is 15.8 Å². The van der Waals surface area contributed by atoms with Crippen LogP contribution in [0, 0.1) is 5.82 Å². The maximum Gasteiger partial charge on any atom is 0.274 e. The fourth-order valence-corrected chi connectivity index (χ4v) is 6.30. The van der Waals surface area contributed by atoms with E-state index < -0.39 is 37.6 Å². The largest absolute Gasteiger partial charge is 0.495 e. The van der Waals surface area contributed by atoms with Crippen LogP contribution in [0.4, 0.5) is 10.1 Å². The Morgan fingerprint density at radius 1 is 1.31 bits per heavy atom. The first-order valence-corrected chi connectivity index (χ1v) is 11.5. The van der Waals surface area contributed by atoms with Crippen molar-refractivity contribution in [1.82, 2.24) is 4.98 Å². The molecular formula is C21H23FN4O5S. The van der Waals surface area contributed by atoms with E-state index in [0.717, 1.165) is 6.07 Å². The predicted octanol–water partition coefficient (Wildman–Crippen LogP) is 1.64. The number of pyridine rings is 1. The van der Waals surface area contributed by atoms with Gasteiger partial charge in [-0.25, -0.2) is 17.8 Å². The number of benzene rings is 1. The Balaban J connectivity index is 1.66. The zero-order valence-corrected chi connectivity index (χ0v) is 18.4. The van der Waals surface area contributed by atoms with Crippen LogP contribution in [-0.2, 0) is 20.1 Å². The summed E-state index contributed by atoms with van der Waals surface area (Å²) < 4.78 is 50.1. The van der Waals surface area contributed by atoms with E-state index in [1.165, 1.54) is 38.4 Å². The van der Waals surface area contributed by atoms with Crippen LogP contribution in [0.25, 0.3) is 0 Å². The van der Waals surface area contributed by atoms with Gasteiger partial charge in [0, 0.05) is 17.9 Å². The Bertz CT molecular complexity index is 1190. The molecule has 1 aromatic carbocycles. The number of aromatic nitrogens is 1. The van der Waals surface area contributed by atoms with Crippen LogP contribution in [0.15, 0.2) is 41.5 Å². The zero-order chi connectivity index (χ0) is 23.1. The topological polar surface area (TPSA) is 133 Å². The first-order chi connectivity index (χ1) is 15.1. The van der Waals surface area contributed by atoms with Crippen molar-refractivity contribution in [3.05, 3.63) is 53.6 Å². The number of aliphatic imine (C=N–C) groups is 1. The number of amides is 1. The molecule has 1 fully saturated rings. The molecule has 0 saturated carbocycles. The molecule has 1 aromatic heterocycles. The fourth-order valence-electron chi connectivity index (χ4n) is 4.05. The number of carbonyl (C=O) groups excluding carboxylic acids is 1. The van der Waals surface area contributed by atoms with E-state index in [1.54, 1.807) is 6.07 Å². The summed E-state index contributed by atoms with van der Waals surface area (Å²) in [5.74, 6) is -1.19. The second-order valence-corrected chi connectivity index (χ2v) is 10.4. The van der Waals surface area contributed by atoms with Gasteiger partial charge in [-0.2, -0.15) is 0 Å². The average Bonchev–Trinajstić information content (AvgIpc) is 3.26. The third-order valence-corrected chi connectivity index (χ3v) is 8.56. The highest BCUT2D eigenvalue weighted by atomic mass is 32.2. The SMILES string of the molecule is COc1ccc(C(=O)Nc2ccc(F)c(C3(C)CS(=O)(=O)C4(CCOC4)C(N)=N3)c2)nc1. The lowest BCUT2D eigenvalue weighted by molar-refractivity contribution is 0.102. The molecule has 32 heavy (non-hydrogen) atoms. The average molecular weight is 463 g/mol. The maximum absolute atomic E-state index is 14.8. The summed E-state index contributed by atoms with van der Waals surface area (Å²) in [4.78, 5) is 21.0. The summed E-state index contributed by atoms with van der Waals surface area (Å²) in [6.45, 7) is 1.71. The molecule has 0 bridgehead atoms. The van der Waals surface area contributed by atoms with Crippen molar-refractivity contribution in [1.29, 1.82) is 0 Å². The lowest BCUT2D eigenvalue weighted by Gasteiger charge is -2.39. The first-order valence-electron chi connectivity index (χ1n) is 9.87. The Hall–Kier alpha value is -3.05. The summed E-state index contributed by atoms with van der Waals surface area (Å²) in [5.41, 5.74) is 5.06. The lowest BCUT2D eigenvalue weighted by Crippen LogP contribution is -2.58. The van der Waals surface area contributed by atoms with Gasteiger partial charge in [0.15, 0.2) is 14.6 Å². The Morgan fingerprint density at radius 3 is 2.69 bits per heavy atom. The van der Waals surface area contributed by atoms with Crippen molar-refractivity contribution < 1.29 is 27.1 Å². The van der Waals surface area contributed by atoms with Gasteiger partial charge in [-0.1, -0.05) is 0 Å². The van der Waals surface area contributed by atoms with E-state index in [4.69, 9.17) is 15.2 Å². The number of hydrogen-bond donors (Lipinski definition) is 2. The van der Waals surface area contributed by atoms with Gasteiger partial charge < -0.3 is 20.5 Å². The molecule has 0 radical (unpaired) electrons. The standard InChI is InChI=1S/C21H23FN4O5S/c1-20(12-32(28,29)21(19(23)26-20)7-8-31-11-21)15-9-13(3-5-16(15)22)25-18(27)17-6-4-14(30-2)10-24-17/h3-6,9-10H,7-8,11-12H2,1-2H3,(H2,23,26)(H,25,27). The molecule has 2 aliphatic rings. The number of nitrogens with two attached hydrogens (primary N) is 1. The van der Waals surface area contributed by atoms with E-state index in [-0.39, 0.29) is 42.4 Å². The number of hydrogen-bond acceptors (Lipinski definition) is 8. The molecule has 1 spiro atoms. The quantitative estimate of drug-likeness (QED) is 0.706. The van der Waals surface area contributed by atoms with Gasteiger partial charge in [0.2, 0.25) is 0 Å². The molecule has 9 nitrogen and oxygen atoms in total. The van der Waals surface area contributed by atoms with Crippen molar-refractivity contribution >= 4 is 27.3 Å². The van der Waals surface area contributed by atoms with Gasteiger partial charge in [0.25, 0.3) is 5.91 Å². The minimum absolute atomic E-state index is 0.0123. The molecule has 170 valence electrons. The first kappa shape index (κ1) is 22.2. The minimum Gasteiger partial charge on any atom is -0.495 e. The number of nitrogens with zero attached hydrogens (tertiary/aromatic N) is 2. The Labute approximate surface area is 184 Å². The zero-order valence-electron chi connectivity index (χ0n) is 17.6. The van der Waals surface area contributed by atoms with E-state index >= 15 is 0 Å². The van der Waals surface area contributed by atoms with Crippen LogP contribution in [0.3, 0.4) is 0 Å². The van der Waals surface area contributed by atoms with Crippen LogP contribution in [0.1, 0.15) is 29.4 Å². The van der Waals surface area contributed by atoms with Crippen LogP contribution in [0.5, 0.6) is 5.75 Å². The van der Waals surface area contributed by atoms with E-state index in [9.17, 15) is 17.6 Å². The second kappa shape index (κ2) is 7.82. The summed E-state index contributed by atoms with van der Waals surface area (Å²) in [6.07, 6.45) is 1.62. The van der Waals surface area contributed by atoms with Gasteiger partial charge >= 0.3 is 0 Å². The van der Waals surface area contributed by atoms with Gasteiger partial charge in [0.1, 0.15) is 28.6 Å². The number of sulfone groups is 1. The number of rotatable bonds is 4. The molecule has 3 heterocycles. The summed E-state index contributed by atoms with van der Waals surface area (Å²) in [5, 5.41) is 2.64. The highest BCUT2D eigenvalue weighted by Crippen LogP contribution is 2.41. The van der Waals surface area contributed by atoms with Gasteiger partial charge in [-0.3, -0.25) is 9.79 Å². The molecule has 0 aliphatic carbocycles. The van der Waals surface area contributed by atoms with Crippen LogP contribution in [0.2, 0.25) is 0 Å². The molecule has 1 saturated heterocycles. The number of ether oxygens (including phenoxy) is 2. The van der Waals surface area contributed by atoms with Crippen molar-refractivity contribution in [2.45, 2.75) is 23.6 Å². The smallest absolute Gasteiger partial charge is 0.274 e. The van der Waals surface area contributed by atoms with Crippen molar-refractivity contribution in [3.8, 4) is 5.75 Å². The molecule has 2 aromatic rings. The molecule has 3 N–H and O–H groups in total. The monoisotopic (exact) mass is 462 g/mol. The van der Waals surface area contributed by atoms with Crippen molar-refractivity contribution in [2.24, 2.45) is 10.7 Å². The minimum atomic E-state index is -3.79. The molecule has 2 unspecified atom stereocenters. The molecule has 2 aliphatic heterocycles. The molecular weight excluding hydrogens is 439 g/mol. The number of nitrogens with one attached hydrogen (secondary N) is 1. The number of carbonyl (C=O) groups is 1. The molecule has 11 heteroatoms. The highest BCUT2D eigenvalue weighted by Gasteiger charge is 2.57. The highest BCUT2D eigenvalue weighted by molar-refractivity contribution is 7.93. The number of anilines is 1. The van der Waals surface area contributed by atoms with E-state index in [1.807, 2.05) is 0 Å². The third-order valence-electron chi connectivity index (χ3n) is 5.90. The van der Waals surface area contributed by atoms with Crippen LogP contribution >= 0.6 is 0 Å². The number of methoxy groups -OCH3 is 1. The normalized spacial score (nSPS) is 26.5. The second-order valence-electron chi connectivity index (χ2n) is 8.06. The third kappa shape index (κ3) is 3.61. The number of halogens is 1. The molecule has 4 rings (SSSR count). The Kier molecular flexibility index (Phi) is 5.41. The van der Waals surface area contributed by atoms with Crippen molar-refractivity contribution in [2.75, 3.05) is 31.4 Å². The van der Waals surface area contributed by atoms with Crippen LogP contribution in [-0.4, -0.2) is 56.0 Å². The summed E-state index contributed by atoms with van der Waals surface area (Å²) in [6, 6.07) is 6.97. The predicted molar refractivity (Wildman–Crippen MR) is 116 cm³/mol. The summed E-state index contributed by atoms with van der Waals surface area (Å²) >= 11 is 0. The van der Waals surface area contributed by atoms with Gasteiger partial charge in [0.05, 0.1) is 25.7 Å². The Morgan fingerprint density at radius 2 is 2.09 bits per heavy atom. The molecule has 2 atom stereocenters. The maximum atomic E-state index is 14.8. The van der Waals surface area contributed by atoms with Gasteiger partial charge in [-0.15, -0.1) is 0 Å². The van der Waals surface area contributed by atoms with Crippen molar-refractivity contribution in [3.63, 3.8) is 0 Å². The lowest BCUT2D eigenvalue weighted by atomic mass is 9.92. The van der Waals surface area contributed by atoms with Gasteiger partial charge in [-0.05, 0) is 43.7 Å². The van der Waals surface area contributed by atoms with E-state index in [0.29, 0.717) is 5.75 Å². The number of amidine groups is 1. The molecule has 1 amide bonds. The van der Waals surface area contributed by atoms with E-state index in [2.05, 4.69) is 15.3 Å². The fraction of sp³-hybridized carbons (Fsp3) is 0.381. The summed E-state index contributed by atoms with van der Waals surface area (Å²) in [7, 11) is -2.30.